The highest BCUT2D eigenvalue weighted by molar-refractivity contribution is 5.85. The molecule has 1 N–H and O–H groups in total. The Morgan fingerprint density at radius 1 is 1.39 bits per heavy atom. The lowest BCUT2D eigenvalue weighted by atomic mass is 10.1. The number of terminal acetylenes is 1. The summed E-state index contributed by atoms with van der Waals surface area (Å²) in [5.41, 5.74) is 0.0463. The normalized spacial score (nSPS) is 12.3. The monoisotopic (exact) mass is 323 g/mol. The molecule has 23 heavy (non-hydrogen) atoms. The molecule has 0 aliphatic heterocycles. The number of benzene rings is 1. The maximum absolute atomic E-state index is 13.1. The van der Waals surface area contributed by atoms with Crippen molar-refractivity contribution in [1.29, 1.82) is 0 Å². The Morgan fingerprint density at radius 2 is 2.04 bits per heavy atom. The number of alkyl halides is 3. The van der Waals surface area contributed by atoms with Crippen molar-refractivity contribution in [3.8, 4) is 12.3 Å². The van der Waals surface area contributed by atoms with Crippen molar-refractivity contribution in [2.75, 3.05) is 5.32 Å². The predicted octanol–water partition coefficient (Wildman–Crippen LogP) is 3.25. The molecule has 0 aliphatic rings. The Balaban J connectivity index is 2.19. The molecule has 0 aliphatic carbocycles. The molecular formula is C15H12F3N3O2. The van der Waals surface area contributed by atoms with Gasteiger partial charge in [0.15, 0.2) is 0 Å². The molecule has 0 radical (unpaired) electrons. The van der Waals surface area contributed by atoms with Gasteiger partial charge in [0.25, 0.3) is 0 Å². The van der Waals surface area contributed by atoms with Crippen LogP contribution in [0.25, 0.3) is 0 Å². The van der Waals surface area contributed by atoms with Crippen LogP contribution in [0.3, 0.4) is 0 Å². The number of hydrogen-bond donors (Lipinski definition) is 1. The van der Waals surface area contributed by atoms with Gasteiger partial charge in [0.05, 0.1) is 11.8 Å². The van der Waals surface area contributed by atoms with Crippen LogP contribution in [0.1, 0.15) is 17.2 Å². The van der Waals surface area contributed by atoms with Gasteiger partial charge in [-0.3, -0.25) is 10.00 Å². The van der Waals surface area contributed by atoms with Gasteiger partial charge in [0.1, 0.15) is 5.82 Å². The van der Waals surface area contributed by atoms with Gasteiger partial charge in [0.2, 0.25) is 6.10 Å². The van der Waals surface area contributed by atoms with E-state index < -0.39 is 18.4 Å². The van der Waals surface area contributed by atoms with Crippen molar-refractivity contribution in [3.05, 3.63) is 47.7 Å². The van der Waals surface area contributed by atoms with Crippen LogP contribution in [-0.2, 0) is 11.8 Å². The molecule has 0 saturated heterocycles. The van der Waals surface area contributed by atoms with Crippen molar-refractivity contribution in [3.63, 3.8) is 0 Å². The van der Waals surface area contributed by atoms with E-state index in [1.807, 2.05) is 0 Å². The van der Waals surface area contributed by atoms with Crippen LogP contribution in [0.2, 0.25) is 0 Å². The number of halogens is 3. The summed E-state index contributed by atoms with van der Waals surface area (Å²) in [6, 6.07) is 6.86. The van der Waals surface area contributed by atoms with Gasteiger partial charge in [-0.1, -0.05) is 36.3 Å². The second-order valence-corrected chi connectivity index (χ2v) is 4.54. The molecule has 1 heterocycles. The Labute approximate surface area is 130 Å². The van der Waals surface area contributed by atoms with Gasteiger partial charge < -0.3 is 4.74 Å². The average Bonchev–Trinajstić information content (AvgIpc) is 2.85. The van der Waals surface area contributed by atoms with E-state index in [9.17, 15) is 18.0 Å². The topological polar surface area (TPSA) is 56.2 Å². The summed E-state index contributed by atoms with van der Waals surface area (Å²) >= 11 is 0. The third-order valence-corrected chi connectivity index (χ3v) is 2.94. The fourth-order valence-electron chi connectivity index (χ4n) is 1.88. The molecule has 120 valence electrons. The zero-order valence-corrected chi connectivity index (χ0v) is 12.0. The van der Waals surface area contributed by atoms with Crippen molar-refractivity contribution < 1.29 is 22.7 Å². The van der Waals surface area contributed by atoms with Gasteiger partial charge in [-0.2, -0.15) is 18.3 Å². The van der Waals surface area contributed by atoms with E-state index in [-0.39, 0.29) is 16.9 Å². The van der Waals surface area contributed by atoms with Crippen molar-refractivity contribution in [1.82, 2.24) is 9.78 Å². The summed E-state index contributed by atoms with van der Waals surface area (Å²) in [7, 11) is 1.48. The lowest BCUT2D eigenvalue weighted by Crippen LogP contribution is -2.28. The third-order valence-electron chi connectivity index (χ3n) is 2.94. The number of ether oxygens (including phenoxy) is 1. The van der Waals surface area contributed by atoms with Crippen LogP contribution in [0.5, 0.6) is 0 Å². The highest BCUT2D eigenvalue weighted by Gasteiger charge is 2.44. The van der Waals surface area contributed by atoms with Crippen LogP contribution >= 0.6 is 0 Å². The SMILES string of the molecule is C#Cc1cnn(C)c1NC(=O)O[C@@H](c1ccccc1)C(F)(F)F. The lowest BCUT2D eigenvalue weighted by Gasteiger charge is -2.21. The van der Waals surface area contributed by atoms with Crippen LogP contribution in [0.4, 0.5) is 23.8 Å². The first kappa shape index (κ1) is 16.4. The van der Waals surface area contributed by atoms with E-state index in [0.29, 0.717) is 0 Å². The number of carbonyl (C=O) groups is 1. The van der Waals surface area contributed by atoms with E-state index >= 15 is 0 Å². The average molecular weight is 323 g/mol. The molecule has 0 saturated carbocycles. The van der Waals surface area contributed by atoms with Crippen LogP contribution in [0.15, 0.2) is 36.5 Å². The highest BCUT2D eigenvalue weighted by Crippen LogP contribution is 2.36. The number of carbonyl (C=O) groups excluding carboxylic acids is 1. The number of rotatable bonds is 3. The summed E-state index contributed by atoms with van der Waals surface area (Å²) in [6.45, 7) is 0. The maximum atomic E-state index is 13.1. The zero-order chi connectivity index (χ0) is 17.0. The van der Waals surface area contributed by atoms with Gasteiger partial charge in [-0.05, 0) is 0 Å². The molecule has 0 fully saturated rings. The van der Waals surface area contributed by atoms with Gasteiger partial charge in [-0.25, -0.2) is 4.79 Å². The molecule has 0 spiro atoms. The summed E-state index contributed by atoms with van der Waals surface area (Å²) in [4.78, 5) is 11.8. The first-order valence-electron chi connectivity index (χ1n) is 6.41. The molecule has 0 bridgehead atoms. The fourth-order valence-corrected chi connectivity index (χ4v) is 1.88. The maximum Gasteiger partial charge on any atom is 0.429 e. The Kier molecular flexibility index (Phi) is 4.60. The zero-order valence-electron chi connectivity index (χ0n) is 12.0. The number of aromatic nitrogens is 2. The second-order valence-electron chi connectivity index (χ2n) is 4.54. The largest absolute Gasteiger partial charge is 0.431 e. The number of nitrogens with zero attached hydrogens (tertiary/aromatic N) is 2. The number of amides is 1. The van der Waals surface area contributed by atoms with E-state index in [1.54, 1.807) is 6.07 Å². The molecule has 2 rings (SSSR count). The minimum Gasteiger partial charge on any atom is -0.431 e. The van der Waals surface area contributed by atoms with E-state index in [2.05, 4.69) is 21.1 Å². The molecule has 5 nitrogen and oxygen atoms in total. The first-order chi connectivity index (χ1) is 10.8. The highest BCUT2D eigenvalue weighted by atomic mass is 19.4. The molecule has 8 heteroatoms. The number of anilines is 1. The summed E-state index contributed by atoms with van der Waals surface area (Å²) in [6.07, 6.45) is -1.89. The second kappa shape index (κ2) is 6.44. The van der Waals surface area contributed by atoms with Crippen LogP contribution in [-0.4, -0.2) is 22.1 Å². The predicted molar refractivity (Wildman–Crippen MR) is 76.5 cm³/mol. The smallest absolute Gasteiger partial charge is 0.429 e. The molecule has 1 aromatic heterocycles. The summed E-state index contributed by atoms with van der Waals surface area (Å²) in [5.74, 6) is 2.34. The van der Waals surface area contributed by atoms with E-state index in [1.165, 1.54) is 42.2 Å². The lowest BCUT2D eigenvalue weighted by molar-refractivity contribution is -0.205. The van der Waals surface area contributed by atoms with Gasteiger partial charge in [-0.15, -0.1) is 6.42 Å². The Morgan fingerprint density at radius 3 is 2.61 bits per heavy atom. The van der Waals surface area contributed by atoms with Gasteiger partial charge >= 0.3 is 12.3 Å². The summed E-state index contributed by atoms with van der Waals surface area (Å²) < 4.78 is 45.1. The van der Waals surface area contributed by atoms with E-state index in [0.717, 1.165) is 0 Å². The Hall–Kier alpha value is -2.95. The van der Waals surface area contributed by atoms with Crippen LogP contribution < -0.4 is 5.32 Å². The molecule has 1 amide bonds. The van der Waals surface area contributed by atoms with Gasteiger partial charge in [0, 0.05) is 12.6 Å². The van der Waals surface area contributed by atoms with Crippen molar-refractivity contribution >= 4 is 11.9 Å². The minimum atomic E-state index is -4.75. The summed E-state index contributed by atoms with van der Waals surface area (Å²) in [5, 5.41) is 5.99. The van der Waals surface area contributed by atoms with Crippen molar-refractivity contribution in [2.45, 2.75) is 12.3 Å². The fraction of sp³-hybridized carbons (Fsp3) is 0.200. The molecular weight excluding hydrogens is 311 g/mol. The number of hydrogen-bond acceptors (Lipinski definition) is 3. The van der Waals surface area contributed by atoms with E-state index in [4.69, 9.17) is 6.42 Å². The third kappa shape index (κ3) is 3.83. The Bertz CT molecular complexity index is 733. The van der Waals surface area contributed by atoms with Crippen LogP contribution in [0, 0.1) is 12.3 Å². The molecule has 2 aromatic rings. The standard InChI is InChI=1S/C15H12F3N3O2/c1-3-10-9-19-21(2)13(10)20-14(22)23-12(15(16,17)18)11-7-5-4-6-8-11/h1,4-9,12H,2H3,(H,20,22)/t12-/m0/s1. The minimum absolute atomic E-state index is 0.0755. The quantitative estimate of drug-likeness (QED) is 0.882. The van der Waals surface area contributed by atoms with Crippen molar-refractivity contribution in [2.24, 2.45) is 7.05 Å². The molecule has 1 aromatic carbocycles. The number of nitrogens with one attached hydrogen (secondary N) is 1. The molecule has 1 atom stereocenters. The first-order valence-corrected chi connectivity index (χ1v) is 6.41. The number of aryl methyl sites for hydroxylation is 1. The molecule has 0 unspecified atom stereocenters.